The fourth-order valence-corrected chi connectivity index (χ4v) is 3.45. The Hall–Kier alpha value is -3.20. The van der Waals surface area contributed by atoms with Gasteiger partial charge in [0.25, 0.3) is 0 Å². The third kappa shape index (κ3) is 7.49. The second-order valence-electron chi connectivity index (χ2n) is 6.38. The molecule has 172 valence electrons. The van der Waals surface area contributed by atoms with E-state index in [4.69, 9.17) is 22.9 Å². The van der Waals surface area contributed by atoms with Crippen LogP contribution in [0.1, 0.15) is 16.7 Å². The zero-order valence-corrected chi connectivity index (χ0v) is 19.4. The molecule has 2 aromatic carbocycles. The van der Waals surface area contributed by atoms with Crippen LogP contribution in [0, 0.1) is 11.8 Å². The summed E-state index contributed by atoms with van der Waals surface area (Å²) in [6, 6.07) is 7.48. The first-order valence-electron chi connectivity index (χ1n) is 8.94. The number of rotatable bonds is 8. The Morgan fingerprint density at radius 2 is 1.53 bits per heavy atom. The van der Waals surface area contributed by atoms with Gasteiger partial charge < -0.3 is 22.9 Å². The van der Waals surface area contributed by atoms with Gasteiger partial charge in [0.15, 0.2) is 23.0 Å². The summed E-state index contributed by atoms with van der Waals surface area (Å²) in [5.41, 5.74) is 1.24. The summed E-state index contributed by atoms with van der Waals surface area (Å²) in [7, 11) is -4.92. The highest BCUT2D eigenvalue weighted by Crippen LogP contribution is 2.34. The van der Waals surface area contributed by atoms with E-state index in [2.05, 4.69) is 11.8 Å². The number of aliphatic hydroxyl groups excluding tert-OH is 1. The molecule has 0 unspecified atom stereocenters. The topological polar surface area (TPSA) is 125 Å². The smallest absolute Gasteiger partial charge is 0.306 e. The Kier molecular flexibility index (Phi) is 8.15. The number of hydrogen-bond donors (Lipinski definition) is 1. The molecule has 32 heavy (non-hydrogen) atoms. The van der Waals surface area contributed by atoms with Crippen LogP contribution in [-0.2, 0) is 20.2 Å². The molecular weight excluding hydrogens is 460 g/mol. The van der Waals surface area contributed by atoms with E-state index in [1.54, 1.807) is 12.1 Å². The summed E-state index contributed by atoms with van der Waals surface area (Å²) in [6.07, 6.45) is 4.91. The highest BCUT2D eigenvalue weighted by Gasteiger charge is 2.17. The van der Waals surface area contributed by atoms with Gasteiger partial charge in [0.2, 0.25) is 0 Å². The molecule has 2 aromatic rings. The minimum atomic E-state index is -3.88. The molecule has 0 atom stereocenters. The highest BCUT2D eigenvalue weighted by atomic mass is 32.2. The van der Waals surface area contributed by atoms with Crippen molar-refractivity contribution in [2.75, 3.05) is 33.3 Å². The van der Waals surface area contributed by atoms with Crippen LogP contribution >= 0.6 is 0 Å². The van der Waals surface area contributed by atoms with Crippen LogP contribution in [0.3, 0.4) is 0 Å². The van der Waals surface area contributed by atoms with Crippen LogP contribution in [0.2, 0.25) is 0 Å². The molecule has 0 aromatic heterocycles. The van der Waals surface area contributed by atoms with Gasteiger partial charge in [-0.2, -0.15) is 16.8 Å². The van der Waals surface area contributed by atoms with Gasteiger partial charge in [-0.15, -0.1) is 0 Å². The van der Waals surface area contributed by atoms with E-state index in [1.165, 1.54) is 44.6 Å². The molecule has 9 nitrogen and oxygen atoms in total. The predicted molar refractivity (Wildman–Crippen MR) is 119 cm³/mol. The van der Waals surface area contributed by atoms with E-state index >= 15 is 0 Å². The van der Waals surface area contributed by atoms with Crippen LogP contribution in [0.5, 0.6) is 23.0 Å². The van der Waals surface area contributed by atoms with E-state index in [-0.39, 0.29) is 35.2 Å². The lowest BCUT2D eigenvalue weighted by atomic mass is 10.1. The lowest BCUT2D eigenvalue weighted by Gasteiger charge is -2.12. The molecule has 0 radical (unpaired) electrons. The summed E-state index contributed by atoms with van der Waals surface area (Å²) in [6.45, 7) is -0.188. The lowest BCUT2D eigenvalue weighted by Crippen LogP contribution is -2.08. The molecule has 0 amide bonds. The van der Waals surface area contributed by atoms with Crippen LogP contribution in [0.4, 0.5) is 0 Å². The highest BCUT2D eigenvalue weighted by molar-refractivity contribution is 7.86. The predicted octanol–water partition coefficient (Wildman–Crippen LogP) is 1.79. The number of ether oxygens (including phenoxy) is 2. The first-order chi connectivity index (χ1) is 15.0. The van der Waals surface area contributed by atoms with Crippen LogP contribution < -0.4 is 17.8 Å². The Morgan fingerprint density at radius 3 is 2.09 bits per heavy atom. The van der Waals surface area contributed by atoms with E-state index in [9.17, 15) is 16.8 Å². The number of methoxy groups -OCH3 is 2. The van der Waals surface area contributed by atoms with Gasteiger partial charge in [-0.3, -0.25) is 0 Å². The largest absolute Gasteiger partial charge is 0.493 e. The quantitative estimate of drug-likeness (QED) is 0.443. The van der Waals surface area contributed by atoms with Crippen molar-refractivity contribution < 1.29 is 39.8 Å². The SMILES string of the molecule is COc1cc(C#Cc2cc(/C=C/CO)cc(OC)c2OS(C)(=O)=O)ccc1OS(C)(=O)=O. The van der Waals surface area contributed by atoms with Gasteiger partial charge in [0.05, 0.1) is 38.9 Å². The minimum absolute atomic E-state index is 0.000504. The Morgan fingerprint density at radius 1 is 0.875 bits per heavy atom. The van der Waals surface area contributed by atoms with Gasteiger partial charge in [-0.05, 0) is 35.9 Å². The average Bonchev–Trinajstić information content (AvgIpc) is 2.70. The molecule has 0 bridgehead atoms. The van der Waals surface area contributed by atoms with Crippen molar-refractivity contribution in [1.82, 2.24) is 0 Å². The fourth-order valence-electron chi connectivity index (χ4n) is 2.51. The molecule has 0 fully saturated rings. The second kappa shape index (κ2) is 10.4. The Labute approximate surface area is 187 Å². The maximum Gasteiger partial charge on any atom is 0.306 e. The van der Waals surface area contributed by atoms with Crippen molar-refractivity contribution in [1.29, 1.82) is 0 Å². The molecule has 11 heteroatoms. The molecule has 0 aliphatic carbocycles. The molecule has 0 saturated heterocycles. The molecule has 1 N–H and O–H groups in total. The maximum atomic E-state index is 11.7. The summed E-state index contributed by atoms with van der Waals surface area (Å²) in [5.74, 6) is 5.87. The third-order valence-electron chi connectivity index (χ3n) is 3.69. The van der Waals surface area contributed by atoms with E-state index < -0.39 is 20.2 Å². The summed E-state index contributed by atoms with van der Waals surface area (Å²) in [5, 5.41) is 9.02. The third-order valence-corrected chi connectivity index (χ3v) is 4.65. The molecule has 0 heterocycles. The van der Waals surface area contributed by atoms with Gasteiger partial charge in [-0.25, -0.2) is 0 Å². The molecule has 0 saturated carbocycles. The van der Waals surface area contributed by atoms with Crippen LogP contribution in [0.15, 0.2) is 36.4 Å². The number of benzene rings is 2. The standard InChI is InChI=1S/C21H22O9S2/c1-27-19-13-15(8-10-18(19)29-31(3,23)24)7-9-17-12-16(6-5-11-22)14-20(28-2)21(17)30-32(4,25)26/h5-6,8,10,12-14,22H,11H2,1-4H3/b6-5+. The number of aliphatic hydroxyl groups is 1. The summed E-state index contributed by atoms with van der Waals surface area (Å²) < 4.78 is 66.6. The normalized spacial score (nSPS) is 11.5. The maximum absolute atomic E-state index is 11.7. The lowest BCUT2D eigenvalue weighted by molar-refractivity contribution is 0.343. The molecule has 0 aliphatic heterocycles. The van der Waals surface area contributed by atoms with Crippen molar-refractivity contribution in [3.8, 4) is 34.8 Å². The molecule has 0 spiro atoms. The zero-order valence-electron chi connectivity index (χ0n) is 17.8. The van der Waals surface area contributed by atoms with Gasteiger partial charge >= 0.3 is 20.2 Å². The average molecular weight is 483 g/mol. The van der Waals surface area contributed by atoms with Crippen molar-refractivity contribution in [3.05, 3.63) is 53.1 Å². The Bertz CT molecular complexity index is 1280. The number of hydrogen-bond acceptors (Lipinski definition) is 9. The monoisotopic (exact) mass is 482 g/mol. The van der Waals surface area contributed by atoms with E-state index in [0.717, 1.165) is 12.5 Å². The van der Waals surface area contributed by atoms with Gasteiger partial charge in [-0.1, -0.05) is 24.0 Å². The molecular formula is C21H22O9S2. The van der Waals surface area contributed by atoms with Crippen molar-refractivity contribution >= 4 is 26.3 Å². The zero-order chi connectivity index (χ0) is 23.9. The fraction of sp³-hybridized carbons (Fsp3) is 0.238. The Balaban J connectivity index is 2.59. The van der Waals surface area contributed by atoms with Crippen molar-refractivity contribution in [2.45, 2.75) is 0 Å². The van der Waals surface area contributed by atoms with Gasteiger partial charge in [0.1, 0.15) is 0 Å². The first-order valence-corrected chi connectivity index (χ1v) is 12.6. The van der Waals surface area contributed by atoms with E-state index in [0.29, 0.717) is 11.1 Å². The summed E-state index contributed by atoms with van der Waals surface area (Å²) >= 11 is 0. The first kappa shape index (κ1) is 25.1. The van der Waals surface area contributed by atoms with Crippen molar-refractivity contribution in [3.63, 3.8) is 0 Å². The van der Waals surface area contributed by atoms with Crippen LogP contribution in [-0.4, -0.2) is 55.3 Å². The molecule has 2 rings (SSSR count). The van der Waals surface area contributed by atoms with Crippen LogP contribution in [0.25, 0.3) is 6.08 Å². The second-order valence-corrected chi connectivity index (χ2v) is 9.53. The minimum Gasteiger partial charge on any atom is -0.493 e. The van der Waals surface area contributed by atoms with Crippen molar-refractivity contribution in [2.24, 2.45) is 0 Å². The van der Waals surface area contributed by atoms with Gasteiger partial charge in [0, 0.05) is 5.56 Å². The molecule has 0 aliphatic rings. The van der Waals surface area contributed by atoms with E-state index in [1.807, 2.05) is 0 Å². The summed E-state index contributed by atoms with van der Waals surface area (Å²) in [4.78, 5) is 0.